The smallest absolute Gasteiger partial charge is 0.291 e. The number of nitro groups is 1. The highest BCUT2D eigenvalue weighted by Gasteiger charge is 2.15. The van der Waals surface area contributed by atoms with E-state index >= 15 is 0 Å². The lowest BCUT2D eigenvalue weighted by Crippen LogP contribution is -2.11. The van der Waals surface area contributed by atoms with Gasteiger partial charge in [0.25, 0.3) is 11.6 Å². The highest BCUT2D eigenvalue weighted by Crippen LogP contribution is 2.26. The number of non-ortho nitro benzene ring substituents is 1. The van der Waals surface area contributed by atoms with Crippen LogP contribution in [-0.2, 0) is 6.61 Å². The van der Waals surface area contributed by atoms with Crippen molar-refractivity contribution in [2.75, 3.05) is 19.0 Å². The number of hydrogen-bond acceptors (Lipinski definition) is 7. The molecule has 0 aliphatic carbocycles. The molecule has 30 heavy (non-hydrogen) atoms. The maximum absolute atomic E-state index is 12.4. The molecule has 156 valence electrons. The molecule has 0 radical (unpaired) electrons. The van der Waals surface area contributed by atoms with Gasteiger partial charge in [0.05, 0.1) is 30.4 Å². The van der Waals surface area contributed by atoms with E-state index in [1.165, 1.54) is 31.4 Å². The number of carbonyl (C=O) groups is 1. The highest BCUT2D eigenvalue weighted by atomic mass is 16.6. The van der Waals surface area contributed by atoms with Crippen LogP contribution in [0.2, 0.25) is 0 Å². The quantitative estimate of drug-likeness (QED) is 0.409. The van der Waals surface area contributed by atoms with E-state index in [4.69, 9.17) is 18.6 Å². The van der Waals surface area contributed by atoms with Gasteiger partial charge in [-0.2, -0.15) is 0 Å². The summed E-state index contributed by atoms with van der Waals surface area (Å²) in [6, 6.07) is 14.2. The van der Waals surface area contributed by atoms with E-state index in [0.29, 0.717) is 18.1 Å². The molecule has 3 rings (SSSR count). The molecule has 0 aliphatic heterocycles. The van der Waals surface area contributed by atoms with E-state index < -0.39 is 10.8 Å². The lowest BCUT2D eigenvalue weighted by molar-refractivity contribution is -0.384. The van der Waals surface area contributed by atoms with Crippen molar-refractivity contribution in [2.45, 2.75) is 13.5 Å². The van der Waals surface area contributed by atoms with Crippen molar-refractivity contribution < 1.29 is 28.3 Å². The summed E-state index contributed by atoms with van der Waals surface area (Å²) in [5.74, 6) is 1.58. The van der Waals surface area contributed by atoms with Crippen molar-refractivity contribution in [1.29, 1.82) is 0 Å². The van der Waals surface area contributed by atoms with E-state index in [9.17, 15) is 14.9 Å². The van der Waals surface area contributed by atoms with Gasteiger partial charge >= 0.3 is 0 Å². The predicted octanol–water partition coefficient (Wildman–Crippen LogP) is 4.43. The summed E-state index contributed by atoms with van der Waals surface area (Å²) in [6.07, 6.45) is 0. The maximum Gasteiger partial charge on any atom is 0.291 e. The van der Waals surface area contributed by atoms with Crippen molar-refractivity contribution in [3.05, 3.63) is 76.2 Å². The van der Waals surface area contributed by atoms with Crippen LogP contribution in [0.15, 0.2) is 59.0 Å². The van der Waals surface area contributed by atoms with Gasteiger partial charge in [-0.15, -0.1) is 0 Å². The molecule has 0 spiro atoms. The zero-order chi connectivity index (χ0) is 21.5. The Kier molecular flexibility index (Phi) is 6.53. The van der Waals surface area contributed by atoms with E-state index in [1.807, 2.05) is 6.92 Å². The van der Waals surface area contributed by atoms with Crippen LogP contribution in [0, 0.1) is 10.1 Å². The Morgan fingerprint density at radius 2 is 1.73 bits per heavy atom. The third kappa shape index (κ3) is 5.28. The van der Waals surface area contributed by atoms with Gasteiger partial charge in [-0.05, 0) is 43.3 Å². The van der Waals surface area contributed by atoms with Crippen LogP contribution in [0.25, 0.3) is 0 Å². The standard InChI is InChI=1S/C21H20N2O7/c1-3-28-16-4-6-17(7-5-16)29-13-18-8-9-20(30-18)21(24)22-14-10-15(23(25)26)12-19(11-14)27-2/h4-12H,3,13H2,1-2H3,(H,22,24). The van der Waals surface area contributed by atoms with E-state index in [0.717, 1.165) is 5.75 Å². The number of furan rings is 1. The van der Waals surface area contributed by atoms with Gasteiger partial charge in [0.1, 0.15) is 29.6 Å². The Balaban J connectivity index is 1.62. The first-order chi connectivity index (χ1) is 14.5. The summed E-state index contributed by atoms with van der Waals surface area (Å²) in [4.78, 5) is 22.9. The van der Waals surface area contributed by atoms with Crippen LogP contribution >= 0.6 is 0 Å². The van der Waals surface area contributed by atoms with Crippen LogP contribution in [0.4, 0.5) is 11.4 Å². The molecule has 0 bridgehead atoms. The molecule has 0 atom stereocenters. The Bertz CT molecular complexity index is 1030. The first kappa shape index (κ1) is 20.7. The average Bonchev–Trinajstić information content (AvgIpc) is 3.22. The van der Waals surface area contributed by atoms with Crippen molar-refractivity contribution in [1.82, 2.24) is 0 Å². The number of amides is 1. The number of methoxy groups -OCH3 is 1. The van der Waals surface area contributed by atoms with E-state index in [1.54, 1.807) is 30.3 Å². The van der Waals surface area contributed by atoms with Crippen LogP contribution in [0.1, 0.15) is 23.2 Å². The van der Waals surface area contributed by atoms with Crippen molar-refractivity contribution >= 4 is 17.3 Å². The molecule has 3 aromatic rings. The fraction of sp³-hybridized carbons (Fsp3) is 0.190. The lowest BCUT2D eigenvalue weighted by Gasteiger charge is -2.07. The molecule has 1 heterocycles. The molecular weight excluding hydrogens is 392 g/mol. The number of carbonyl (C=O) groups excluding carboxylic acids is 1. The molecular formula is C21H20N2O7. The van der Waals surface area contributed by atoms with E-state index in [-0.39, 0.29) is 29.5 Å². The van der Waals surface area contributed by atoms with Crippen molar-refractivity contribution in [2.24, 2.45) is 0 Å². The second-order valence-electron chi connectivity index (χ2n) is 6.09. The molecule has 9 nitrogen and oxygen atoms in total. The molecule has 2 aromatic carbocycles. The van der Waals surface area contributed by atoms with Gasteiger partial charge in [0, 0.05) is 12.1 Å². The van der Waals surface area contributed by atoms with Gasteiger partial charge in [0.15, 0.2) is 5.76 Å². The predicted molar refractivity (Wildman–Crippen MR) is 108 cm³/mol. The number of rotatable bonds is 9. The average molecular weight is 412 g/mol. The third-order valence-electron chi connectivity index (χ3n) is 4.00. The minimum atomic E-state index is -0.568. The molecule has 1 amide bonds. The highest BCUT2D eigenvalue weighted by molar-refractivity contribution is 6.02. The summed E-state index contributed by atoms with van der Waals surface area (Å²) in [5, 5.41) is 13.6. The number of hydrogen-bond donors (Lipinski definition) is 1. The number of ether oxygens (including phenoxy) is 3. The molecule has 0 unspecified atom stereocenters. The van der Waals surface area contributed by atoms with Gasteiger partial charge in [0.2, 0.25) is 0 Å². The fourth-order valence-corrected chi connectivity index (χ4v) is 2.60. The summed E-state index contributed by atoms with van der Waals surface area (Å²) in [5.41, 5.74) is 0.0168. The first-order valence-electron chi connectivity index (χ1n) is 9.07. The number of nitrogens with zero attached hydrogens (tertiary/aromatic N) is 1. The summed E-state index contributed by atoms with van der Waals surface area (Å²) in [6.45, 7) is 2.62. The minimum Gasteiger partial charge on any atom is -0.496 e. The molecule has 1 N–H and O–H groups in total. The largest absolute Gasteiger partial charge is 0.496 e. The number of anilines is 1. The van der Waals surface area contributed by atoms with Gasteiger partial charge in [-0.25, -0.2) is 0 Å². The van der Waals surface area contributed by atoms with Gasteiger partial charge in [-0.1, -0.05) is 0 Å². The maximum atomic E-state index is 12.4. The molecule has 0 aliphatic rings. The summed E-state index contributed by atoms with van der Waals surface area (Å²) in [7, 11) is 1.38. The van der Waals surface area contributed by atoms with Crippen LogP contribution in [-0.4, -0.2) is 24.5 Å². The van der Waals surface area contributed by atoms with Gasteiger partial charge < -0.3 is 23.9 Å². The van der Waals surface area contributed by atoms with Gasteiger partial charge in [-0.3, -0.25) is 14.9 Å². The molecule has 0 fully saturated rings. The summed E-state index contributed by atoms with van der Waals surface area (Å²) >= 11 is 0. The Labute approximate surface area is 172 Å². The van der Waals surface area contributed by atoms with Crippen molar-refractivity contribution in [3.8, 4) is 17.2 Å². The normalized spacial score (nSPS) is 10.3. The van der Waals surface area contributed by atoms with Crippen molar-refractivity contribution in [3.63, 3.8) is 0 Å². The zero-order valence-electron chi connectivity index (χ0n) is 16.4. The minimum absolute atomic E-state index is 0.0470. The number of nitrogens with one attached hydrogen (secondary N) is 1. The topological polar surface area (TPSA) is 113 Å². The molecule has 9 heteroatoms. The Hall–Kier alpha value is -4.01. The Morgan fingerprint density at radius 3 is 2.37 bits per heavy atom. The van der Waals surface area contributed by atoms with E-state index in [2.05, 4.69) is 5.32 Å². The number of nitro benzene ring substituents is 1. The Morgan fingerprint density at radius 1 is 1.03 bits per heavy atom. The first-order valence-corrected chi connectivity index (χ1v) is 9.07. The third-order valence-corrected chi connectivity index (χ3v) is 4.00. The number of benzene rings is 2. The second kappa shape index (κ2) is 9.46. The second-order valence-corrected chi connectivity index (χ2v) is 6.09. The monoisotopic (exact) mass is 412 g/mol. The van der Waals surface area contributed by atoms with Crippen LogP contribution in [0.5, 0.6) is 17.2 Å². The lowest BCUT2D eigenvalue weighted by atomic mass is 10.2. The summed E-state index contributed by atoms with van der Waals surface area (Å²) < 4.78 is 21.5. The molecule has 1 aromatic heterocycles. The molecule has 0 saturated carbocycles. The molecule has 0 saturated heterocycles. The van der Waals surface area contributed by atoms with Crippen LogP contribution in [0.3, 0.4) is 0 Å². The SMILES string of the molecule is CCOc1ccc(OCc2ccc(C(=O)Nc3cc(OC)cc([N+](=O)[O-])c3)o2)cc1. The fourth-order valence-electron chi connectivity index (χ4n) is 2.60. The van der Waals surface area contributed by atoms with Crippen LogP contribution < -0.4 is 19.5 Å². The zero-order valence-corrected chi connectivity index (χ0v) is 16.4.